The first-order valence-corrected chi connectivity index (χ1v) is 9.65. The molecule has 2 aromatic rings. The molecule has 1 atom stereocenters. The average Bonchev–Trinajstić information content (AvgIpc) is 3.00. The molecule has 2 aliphatic rings. The lowest BCUT2D eigenvalue weighted by atomic mass is 10.1. The Morgan fingerprint density at radius 3 is 2.67 bits per heavy atom. The Labute approximate surface area is 161 Å². The van der Waals surface area contributed by atoms with Gasteiger partial charge in [-0.1, -0.05) is 54.2 Å². The van der Waals surface area contributed by atoms with Gasteiger partial charge in [0.1, 0.15) is 11.9 Å². The van der Waals surface area contributed by atoms with Gasteiger partial charge >= 0.3 is 0 Å². The van der Waals surface area contributed by atoms with E-state index in [0.717, 1.165) is 16.8 Å². The van der Waals surface area contributed by atoms with Crippen molar-refractivity contribution in [3.8, 4) is 0 Å². The molecule has 1 unspecified atom stereocenters. The van der Waals surface area contributed by atoms with Crippen LogP contribution in [0.2, 0.25) is 0 Å². The lowest BCUT2D eigenvalue weighted by Crippen LogP contribution is -2.42. The Kier molecular flexibility index (Phi) is 4.77. The second-order valence-electron chi connectivity index (χ2n) is 6.28. The van der Waals surface area contributed by atoms with Crippen molar-refractivity contribution < 1.29 is 9.59 Å². The van der Waals surface area contributed by atoms with Gasteiger partial charge in [-0.3, -0.25) is 14.5 Å². The molecule has 0 spiro atoms. The van der Waals surface area contributed by atoms with E-state index in [1.807, 2.05) is 59.5 Å². The van der Waals surface area contributed by atoms with Crippen LogP contribution in [0.25, 0.3) is 0 Å². The third-order valence-electron chi connectivity index (χ3n) is 4.42. The van der Waals surface area contributed by atoms with Crippen molar-refractivity contribution in [2.75, 3.05) is 5.75 Å². The molecule has 2 amide bonds. The van der Waals surface area contributed by atoms with Crippen molar-refractivity contribution in [2.45, 2.75) is 19.5 Å². The van der Waals surface area contributed by atoms with Gasteiger partial charge in [0.05, 0.1) is 11.4 Å². The molecule has 1 N–H and O–H groups in total. The van der Waals surface area contributed by atoms with E-state index in [9.17, 15) is 9.59 Å². The van der Waals surface area contributed by atoms with Gasteiger partial charge in [-0.15, -0.1) is 0 Å². The summed E-state index contributed by atoms with van der Waals surface area (Å²) >= 11 is 1.32. The quantitative estimate of drug-likeness (QED) is 0.888. The smallest absolute Gasteiger partial charge is 0.270 e. The molecule has 0 aliphatic carbocycles. The zero-order chi connectivity index (χ0) is 18.8. The normalized spacial score (nSPS) is 17.7. The first-order chi connectivity index (χ1) is 13.1. The number of para-hydroxylation sites is 1. The summed E-state index contributed by atoms with van der Waals surface area (Å²) in [4.78, 5) is 35.0. The number of amides is 2. The Balaban J connectivity index is 1.47. The highest BCUT2D eigenvalue weighted by molar-refractivity contribution is 8.14. The number of nitrogens with zero attached hydrogens (tertiary/aromatic N) is 3. The van der Waals surface area contributed by atoms with Gasteiger partial charge in [0.15, 0.2) is 5.17 Å². The van der Waals surface area contributed by atoms with Crippen molar-refractivity contribution in [1.29, 1.82) is 0 Å². The third-order valence-corrected chi connectivity index (χ3v) is 5.37. The molecular weight excluding hydrogens is 360 g/mol. The van der Waals surface area contributed by atoms with Crippen LogP contribution in [0.1, 0.15) is 18.1 Å². The fourth-order valence-electron chi connectivity index (χ4n) is 2.99. The van der Waals surface area contributed by atoms with Crippen LogP contribution in [0.4, 0.5) is 5.69 Å². The van der Waals surface area contributed by atoms with Crippen molar-refractivity contribution in [3.05, 3.63) is 65.7 Å². The van der Waals surface area contributed by atoms with E-state index in [-0.39, 0.29) is 17.6 Å². The van der Waals surface area contributed by atoms with Crippen LogP contribution in [0.3, 0.4) is 0 Å². The van der Waals surface area contributed by atoms with Crippen molar-refractivity contribution in [1.82, 2.24) is 10.2 Å². The molecule has 0 saturated carbocycles. The van der Waals surface area contributed by atoms with Gasteiger partial charge in [-0.25, -0.2) is 4.99 Å². The average molecular weight is 378 g/mol. The summed E-state index contributed by atoms with van der Waals surface area (Å²) in [7, 11) is 0. The maximum atomic E-state index is 12.2. The topological polar surface area (TPSA) is 74.1 Å². The Hall–Kier alpha value is -2.93. The van der Waals surface area contributed by atoms with E-state index >= 15 is 0 Å². The van der Waals surface area contributed by atoms with E-state index in [1.165, 1.54) is 11.8 Å². The summed E-state index contributed by atoms with van der Waals surface area (Å²) in [5.41, 5.74) is 2.66. The lowest BCUT2D eigenvalue weighted by molar-refractivity contribution is -0.119. The molecule has 2 heterocycles. The molecule has 0 aromatic heterocycles. The number of nitrogens with one attached hydrogen (secondary N) is 1. The molecule has 2 aliphatic heterocycles. The Morgan fingerprint density at radius 1 is 1.11 bits per heavy atom. The summed E-state index contributed by atoms with van der Waals surface area (Å²) in [5.74, 6) is 0.564. The molecular formula is C20H18N4O2S. The number of carbonyl (C=O) groups excluding carboxylic acids is 2. The Morgan fingerprint density at radius 2 is 1.85 bits per heavy atom. The van der Waals surface area contributed by atoms with Gasteiger partial charge in [-0.2, -0.15) is 4.99 Å². The fourth-order valence-corrected chi connectivity index (χ4v) is 3.90. The minimum Gasteiger partial charge on any atom is -0.351 e. The molecule has 0 saturated heterocycles. The van der Waals surface area contributed by atoms with Gasteiger partial charge < -0.3 is 5.32 Å². The molecule has 6 nitrogen and oxygen atoms in total. The van der Waals surface area contributed by atoms with Crippen molar-refractivity contribution in [3.63, 3.8) is 0 Å². The predicted molar refractivity (Wildman–Crippen MR) is 107 cm³/mol. The SMILES string of the molecule is CC1C(=O)N=C2c3ccccc3N=C(SCC(=O)NCc3ccccc3)N21. The van der Waals surface area contributed by atoms with Gasteiger partial charge in [-0.05, 0) is 24.6 Å². The van der Waals surface area contributed by atoms with E-state index < -0.39 is 6.04 Å². The van der Waals surface area contributed by atoms with Gasteiger partial charge in [0.25, 0.3) is 5.91 Å². The molecule has 136 valence electrons. The number of rotatable bonds is 4. The summed E-state index contributed by atoms with van der Waals surface area (Å²) in [6, 6.07) is 16.9. The minimum absolute atomic E-state index is 0.0814. The van der Waals surface area contributed by atoms with Crippen molar-refractivity contribution in [2.24, 2.45) is 9.98 Å². The summed E-state index contributed by atoms with van der Waals surface area (Å²) < 4.78 is 0. The number of aliphatic imine (C=N–C) groups is 2. The largest absolute Gasteiger partial charge is 0.351 e. The van der Waals surface area contributed by atoms with Crippen molar-refractivity contribution >= 4 is 40.3 Å². The minimum atomic E-state index is -0.410. The predicted octanol–water partition coefficient (Wildman–Crippen LogP) is 2.71. The highest BCUT2D eigenvalue weighted by Crippen LogP contribution is 2.33. The number of amidine groups is 2. The van der Waals surface area contributed by atoms with E-state index in [1.54, 1.807) is 6.92 Å². The second-order valence-corrected chi connectivity index (χ2v) is 7.22. The summed E-state index contributed by atoms with van der Waals surface area (Å²) in [6.07, 6.45) is 0. The van der Waals surface area contributed by atoms with Crippen LogP contribution in [0, 0.1) is 0 Å². The monoisotopic (exact) mass is 378 g/mol. The highest BCUT2D eigenvalue weighted by Gasteiger charge is 2.39. The fraction of sp³-hybridized carbons (Fsp3) is 0.200. The number of benzene rings is 2. The maximum absolute atomic E-state index is 12.2. The number of hydrogen-bond donors (Lipinski definition) is 1. The first kappa shape index (κ1) is 17.5. The second kappa shape index (κ2) is 7.36. The number of fused-ring (bicyclic) bond motifs is 3. The number of carbonyl (C=O) groups is 2. The number of thioether (sulfide) groups is 1. The maximum Gasteiger partial charge on any atom is 0.270 e. The molecule has 2 aromatic carbocycles. The zero-order valence-corrected chi connectivity index (χ0v) is 15.6. The van der Waals surface area contributed by atoms with Crippen LogP contribution >= 0.6 is 11.8 Å². The van der Waals surface area contributed by atoms with E-state index in [0.29, 0.717) is 17.5 Å². The lowest BCUT2D eigenvalue weighted by Gasteiger charge is -2.29. The molecule has 7 heteroatoms. The molecule has 27 heavy (non-hydrogen) atoms. The Bertz CT molecular complexity index is 955. The van der Waals surface area contributed by atoms with Crippen LogP contribution < -0.4 is 5.32 Å². The third kappa shape index (κ3) is 3.50. The molecule has 0 radical (unpaired) electrons. The standard InChI is InChI=1S/C20H18N4O2S/c1-13-19(26)23-18-15-9-5-6-10-16(15)22-20(24(13)18)27-12-17(25)21-11-14-7-3-2-4-8-14/h2-10,13H,11-12H2,1H3,(H,21,25). The van der Waals surface area contributed by atoms with Gasteiger partial charge in [0, 0.05) is 12.1 Å². The van der Waals surface area contributed by atoms with Crippen LogP contribution in [0.15, 0.2) is 64.6 Å². The van der Waals surface area contributed by atoms with Crippen LogP contribution in [-0.2, 0) is 16.1 Å². The van der Waals surface area contributed by atoms with Gasteiger partial charge in [0.2, 0.25) is 5.91 Å². The molecule has 0 bridgehead atoms. The summed E-state index contributed by atoms with van der Waals surface area (Å²) in [5, 5.41) is 3.53. The van der Waals surface area contributed by atoms with E-state index in [2.05, 4.69) is 15.3 Å². The van der Waals surface area contributed by atoms with Crippen LogP contribution in [0.5, 0.6) is 0 Å². The number of hydrogen-bond acceptors (Lipinski definition) is 5. The summed E-state index contributed by atoms with van der Waals surface area (Å²) in [6.45, 7) is 2.29. The van der Waals surface area contributed by atoms with Crippen LogP contribution in [-0.4, -0.2) is 39.5 Å². The highest BCUT2D eigenvalue weighted by atomic mass is 32.2. The molecule has 0 fully saturated rings. The molecule has 4 rings (SSSR count). The first-order valence-electron chi connectivity index (χ1n) is 8.67. The van der Waals surface area contributed by atoms with E-state index in [4.69, 9.17) is 0 Å². The zero-order valence-electron chi connectivity index (χ0n) is 14.8.